The number of hydrogen-bond donors (Lipinski definition) is 0. The van der Waals surface area contributed by atoms with E-state index in [1.807, 2.05) is 43.9 Å². The number of rotatable bonds is 0. The van der Waals surface area contributed by atoms with Gasteiger partial charge in [-0.25, -0.2) is 4.79 Å². The van der Waals surface area contributed by atoms with Crippen LogP contribution in [0.4, 0.5) is 4.79 Å². The molecule has 4 nitrogen and oxygen atoms in total. The molecule has 4 heteroatoms. The molecule has 1 amide bonds. The standard InChI is InChI=1S/C22H23NO3/c1-22(2,3)26-21(25)23-19-13-6-4-5-7-14(13)20(23)18-15-10-8-12(17(18)19)9-11-16(15)24/h4-12,15,17-20H,1-3H3/t12-,15+,17-,18+,19+,20-/m1/s1. The quantitative estimate of drug-likeness (QED) is 0.659. The second-order valence-electron chi connectivity index (χ2n) is 8.81. The van der Waals surface area contributed by atoms with E-state index in [1.165, 1.54) is 11.1 Å². The molecule has 1 aromatic rings. The van der Waals surface area contributed by atoms with Crippen LogP contribution in [-0.2, 0) is 9.53 Å². The minimum Gasteiger partial charge on any atom is -0.444 e. The Morgan fingerprint density at radius 3 is 2.31 bits per heavy atom. The third-order valence-electron chi connectivity index (χ3n) is 6.22. The number of benzene rings is 1. The SMILES string of the molecule is CC(C)(C)OC(=O)N1[C@@H]2c3ccccc3[C@H]1[C@@H]1[C@H]3C=CC(=O)[C@H](C=C3)[C@@H]12. The zero-order valence-corrected chi connectivity index (χ0v) is 15.3. The largest absolute Gasteiger partial charge is 0.444 e. The van der Waals surface area contributed by atoms with E-state index >= 15 is 0 Å². The van der Waals surface area contributed by atoms with Gasteiger partial charge in [-0.2, -0.15) is 0 Å². The molecule has 5 aliphatic rings. The summed E-state index contributed by atoms with van der Waals surface area (Å²) in [5.74, 6) is 0.560. The average molecular weight is 349 g/mol. The van der Waals surface area contributed by atoms with Gasteiger partial charge in [0.2, 0.25) is 0 Å². The summed E-state index contributed by atoms with van der Waals surface area (Å²) >= 11 is 0. The van der Waals surface area contributed by atoms with Crippen molar-refractivity contribution in [2.24, 2.45) is 23.7 Å². The molecule has 0 unspecified atom stereocenters. The zero-order chi connectivity index (χ0) is 18.2. The number of amides is 1. The van der Waals surface area contributed by atoms with Gasteiger partial charge in [0.25, 0.3) is 0 Å². The fraction of sp³-hybridized carbons (Fsp3) is 0.455. The summed E-state index contributed by atoms with van der Waals surface area (Å²) in [4.78, 5) is 27.7. The van der Waals surface area contributed by atoms with E-state index in [9.17, 15) is 9.59 Å². The highest BCUT2D eigenvalue weighted by Crippen LogP contribution is 2.65. The number of hydrogen-bond acceptors (Lipinski definition) is 3. The van der Waals surface area contributed by atoms with Gasteiger partial charge < -0.3 is 4.74 Å². The lowest BCUT2D eigenvalue weighted by Crippen LogP contribution is -2.36. The first-order chi connectivity index (χ1) is 12.4. The van der Waals surface area contributed by atoms with E-state index in [0.29, 0.717) is 0 Å². The van der Waals surface area contributed by atoms with Crippen LogP contribution in [0.3, 0.4) is 0 Å². The maximum atomic E-state index is 13.1. The molecular weight excluding hydrogens is 326 g/mol. The molecule has 26 heavy (non-hydrogen) atoms. The Balaban J connectivity index is 1.64. The lowest BCUT2D eigenvalue weighted by molar-refractivity contribution is -0.119. The van der Waals surface area contributed by atoms with Crippen molar-refractivity contribution in [2.75, 3.05) is 0 Å². The monoisotopic (exact) mass is 349 g/mol. The third kappa shape index (κ3) is 2.01. The summed E-state index contributed by atoms with van der Waals surface area (Å²) in [6.45, 7) is 5.68. The van der Waals surface area contributed by atoms with Crippen LogP contribution >= 0.6 is 0 Å². The van der Waals surface area contributed by atoms with Crippen molar-refractivity contribution in [2.45, 2.75) is 38.5 Å². The lowest BCUT2D eigenvalue weighted by atomic mass is 9.63. The zero-order valence-electron chi connectivity index (χ0n) is 15.3. The summed E-state index contributed by atoms with van der Waals surface area (Å²) in [7, 11) is 0. The summed E-state index contributed by atoms with van der Waals surface area (Å²) < 4.78 is 5.75. The van der Waals surface area contributed by atoms with Crippen molar-refractivity contribution in [3.8, 4) is 0 Å². The summed E-state index contributed by atoms with van der Waals surface area (Å²) in [6, 6.07) is 8.18. The Morgan fingerprint density at radius 1 is 1.00 bits per heavy atom. The average Bonchev–Trinajstić information content (AvgIpc) is 2.99. The minimum atomic E-state index is -0.541. The number of carbonyl (C=O) groups excluding carboxylic acids is 2. The second kappa shape index (κ2) is 5.09. The van der Waals surface area contributed by atoms with Crippen LogP contribution in [0.25, 0.3) is 0 Å². The molecule has 2 heterocycles. The van der Waals surface area contributed by atoms with Gasteiger partial charge in [-0.1, -0.05) is 42.5 Å². The van der Waals surface area contributed by atoms with Crippen molar-refractivity contribution in [3.63, 3.8) is 0 Å². The van der Waals surface area contributed by atoms with Crippen LogP contribution in [0.5, 0.6) is 0 Å². The topological polar surface area (TPSA) is 46.6 Å². The van der Waals surface area contributed by atoms with Gasteiger partial charge in [0, 0.05) is 17.8 Å². The van der Waals surface area contributed by atoms with Crippen molar-refractivity contribution in [1.29, 1.82) is 0 Å². The Labute approximate surface area is 153 Å². The molecule has 0 N–H and O–H groups in total. The molecule has 0 spiro atoms. The maximum Gasteiger partial charge on any atom is 0.411 e. The summed E-state index contributed by atoms with van der Waals surface area (Å²) in [5, 5.41) is 0. The highest BCUT2D eigenvalue weighted by atomic mass is 16.6. The molecule has 4 bridgehead atoms. The van der Waals surface area contributed by atoms with E-state index < -0.39 is 5.60 Å². The summed E-state index contributed by atoms with van der Waals surface area (Å²) in [6.07, 6.45) is 7.72. The Morgan fingerprint density at radius 2 is 1.65 bits per heavy atom. The Bertz CT molecular complexity index is 862. The summed E-state index contributed by atoms with van der Waals surface area (Å²) in [5.41, 5.74) is 1.85. The first-order valence-corrected chi connectivity index (χ1v) is 9.37. The fourth-order valence-electron chi connectivity index (χ4n) is 5.47. The van der Waals surface area contributed by atoms with Crippen molar-refractivity contribution in [3.05, 3.63) is 59.7 Å². The van der Waals surface area contributed by atoms with Gasteiger partial charge in [0.05, 0.1) is 12.1 Å². The molecular formula is C22H23NO3. The first-order valence-electron chi connectivity index (χ1n) is 9.37. The molecule has 0 aromatic heterocycles. The van der Waals surface area contributed by atoms with Crippen LogP contribution in [0.2, 0.25) is 0 Å². The predicted molar refractivity (Wildman–Crippen MR) is 97.2 cm³/mol. The molecule has 6 atom stereocenters. The van der Waals surface area contributed by atoms with Gasteiger partial charge in [0.15, 0.2) is 5.78 Å². The number of fused-ring (bicyclic) bond motifs is 6. The highest BCUT2D eigenvalue weighted by molar-refractivity contribution is 5.94. The number of ether oxygens (including phenoxy) is 1. The van der Waals surface area contributed by atoms with Gasteiger partial charge in [-0.15, -0.1) is 0 Å². The first kappa shape index (κ1) is 15.9. The minimum absolute atomic E-state index is 0.0240. The number of ketones is 1. The van der Waals surface area contributed by atoms with Crippen LogP contribution in [0, 0.1) is 23.7 Å². The Hall–Kier alpha value is -2.36. The molecule has 6 rings (SSSR count). The number of allylic oxidation sites excluding steroid dienone is 4. The lowest BCUT2D eigenvalue weighted by Gasteiger charge is -2.37. The molecule has 3 aliphatic carbocycles. The van der Waals surface area contributed by atoms with Gasteiger partial charge in [-0.05, 0) is 43.9 Å². The normalized spacial score (nSPS) is 36.1. The van der Waals surface area contributed by atoms with E-state index in [4.69, 9.17) is 4.74 Å². The van der Waals surface area contributed by atoms with Crippen LogP contribution in [0.15, 0.2) is 48.6 Å². The van der Waals surface area contributed by atoms with Crippen LogP contribution in [0.1, 0.15) is 44.0 Å². The Kier molecular flexibility index (Phi) is 3.10. The molecule has 1 saturated heterocycles. The van der Waals surface area contributed by atoms with E-state index in [-0.39, 0.29) is 47.6 Å². The van der Waals surface area contributed by atoms with Gasteiger partial charge in [0.1, 0.15) is 5.60 Å². The van der Waals surface area contributed by atoms with E-state index in [0.717, 1.165) is 0 Å². The second-order valence-corrected chi connectivity index (χ2v) is 8.81. The third-order valence-corrected chi connectivity index (χ3v) is 6.22. The molecule has 1 fully saturated rings. The highest BCUT2D eigenvalue weighted by Gasteiger charge is 2.63. The molecule has 2 aliphatic heterocycles. The molecule has 1 aromatic carbocycles. The number of nitrogens with zero attached hydrogens (tertiary/aromatic N) is 1. The molecule has 0 saturated carbocycles. The smallest absolute Gasteiger partial charge is 0.411 e. The molecule has 0 radical (unpaired) electrons. The van der Waals surface area contributed by atoms with Crippen molar-refractivity contribution < 1.29 is 14.3 Å². The van der Waals surface area contributed by atoms with Crippen LogP contribution in [-0.4, -0.2) is 22.4 Å². The fourth-order valence-corrected chi connectivity index (χ4v) is 5.47. The van der Waals surface area contributed by atoms with Gasteiger partial charge >= 0.3 is 6.09 Å². The maximum absolute atomic E-state index is 13.1. The van der Waals surface area contributed by atoms with E-state index in [1.54, 1.807) is 6.08 Å². The van der Waals surface area contributed by atoms with Crippen LogP contribution < -0.4 is 0 Å². The van der Waals surface area contributed by atoms with E-state index in [2.05, 4.69) is 24.3 Å². The van der Waals surface area contributed by atoms with Crippen molar-refractivity contribution >= 4 is 11.9 Å². The number of carbonyl (C=O) groups is 2. The van der Waals surface area contributed by atoms with Gasteiger partial charge in [-0.3, -0.25) is 9.69 Å². The van der Waals surface area contributed by atoms with Crippen molar-refractivity contribution in [1.82, 2.24) is 4.90 Å². The molecule has 134 valence electrons. The predicted octanol–water partition coefficient (Wildman–Crippen LogP) is 4.21.